The highest BCUT2D eigenvalue weighted by Crippen LogP contribution is 2.39. The van der Waals surface area contributed by atoms with Crippen LogP contribution in [0.5, 0.6) is 0 Å². The molecule has 2 atom stereocenters. The first kappa shape index (κ1) is 19.3. The van der Waals surface area contributed by atoms with Crippen LogP contribution < -0.4 is 0 Å². The molecule has 0 unspecified atom stereocenters. The Labute approximate surface area is 155 Å². The van der Waals surface area contributed by atoms with Gasteiger partial charge in [-0.3, -0.25) is 4.79 Å². The SMILES string of the molecule is CN(C)S(=O)(=O)c1ccc(C(=O)N2[C@H]3CC[C@H]2CC(S(C)(=O)=O)C3)cc1. The lowest BCUT2D eigenvalue weighted by Gasteiger charge is -2.38. The highest BCUT2D eigenvalue weighted by Gasteiger charge is 2.46. The van der Waals surface area contributed by atoms with Gasteiger partial charge in [-0.05, 0) is 49.9 Å². The summed E-state index contributed by atoms with van der Waals surface area (Å²) in [5.74, 6) is -0.154. The van der Waals surface area contributed by atoms with Crippen LogP contribution in [-0.4, -0.2) is 69.6 Å². The number of fused-ring (bicyclic) bond motifs is 2. The van der Waals surface area contributed by atoms with Gasteiger partial charge >= 0.3 is 0 Å². The third kappa shape index (κ3) is 3.39. The van der Waals surface area contributed by atoms with Crippen LogP contribution in [0.25, 0.3) is 0 Å². The van der Waals surface area contributed by atoms with Crippen LogP contribution in [0, 0.1) is 0 Å². The van der Waals surface area contributed by atoms with Crippen LogP contribution in [0.1, 0.15) is 36.0 Å². The topological polar surface area (TPSA) is 91.8 Å². The van der Waals surface area contributed by atoms with Gasteiger partial charge in [0.1, 0.15) is 9.84 Å². The molecule has 2 aliphatic rings. The first-order chi connectivity index (χ1) is 12.0. The maximum absolute atomic E-state index is 12.9. The van der Waals surface area contributed by atoms with E-state index in [9.17, 15) is 21.6 Å². The predicted octanol–water partition coefficient (Wildman–Crippen LogP) is 1.12. The number of nitrogens with zero attached hydrogens (tertiary/aromatic N) is 2. The Kier molecular flexibility index (Phi) is 4.91. The van der Waals surface area contributed by atoms with Crippen LogP contribution in [0.3, 0.4) is 0 Å². The van der Waals surface area contributed by atoms with Gasteiger partial charge in [0.2, 0.25) is 10.0 Å². The summed E-state index contributed by atoms with van der Waals surface area (Å²) >= 11 is 0. The van der Waals surface area contributed by atoms with E-state index in [1.54, 1.807) is 4.90 Å². The Morgan fingerprint density at radius 1 is 1.00 bits per heavy atom. The van der Waals surface area contributed by atoms with E-state index in [-0.39, 0.29) is 28.1 Å². The first-order valence-electron chi connectivity index (χ1n) is 8.56. The van der Waals surface area contributed by atoms with E-state index in [0.29, 0.717) is 18.4 Å². The molecule has 2 bridgehead atoms. The highest BCUT2D eigenvalue weighted by molar-refractivity contribution is 7.91. The highest BCUT2D eigenvalue weighted by atomic mass is 32.2. The number of hydrogen-bond acceptors (Lipinski definition) is 5. The molecule has 0 radical (unpaired) electrons. The summed E-state index contributed by atoms with van der Waals surface area (Å²) in [5.41, 5.74) is 0.428. The molecule has 0 aromatic heterocycles. The van der Waals surface area contributed by atoms with Crippen molar-refractivity contribution in [3.63, 3.8) is 0 Å². The van der Waals surface area contributed by atoms with Gasteiger partial charge in [0, 0.05) is 38.0 Å². The van der Waals surface area contributed by atoms with E-state index in [0.717, 1.165) is 17.1 Å². The van der Waals surface area contributed by atoms with Crippen LogP contribution in [-0.2, 0) is 19.9 Å². The summed E-state index contributed by atoms with van der Waals surface area (Å²) in [4.78, 5) is 14.9. The minimum Gasteiger partial charge on any atom is -0.333 e. The quantitative estimate of drug-likeness (QED) is 0.755. The number of carbonyl (C=O) groups excluding carboxylic acids is 1. The normalized spacial score (nSPS) is 26.3. The van der Waals surface area contributed by atoms with E-state index in [4.69, 9.17) is 0 Å². The molecule has 0 N–H and O–H groups in total. The Hall–Kier alpha value is -1.45. The molecular weight excluding hydrogens is 376 g/mol. The van der Waals surface area contributed by atoms with Crippen molar-refractivity contribution in [2.45, 2.75) is 47.9 Å². The van der Waals surface area contributed by atoms with Gasteiger partial charge in [-0.25, -0.2) is 21.1 Å². The Morgan fingerprint density at radius 3 is 1.92 bits per heavy atom. The lowest BCUT2D eigenvalue weighted by Crippen LogP contribution is -2.49. The summed E-state index contributed by atoms with van der Waals surface area (Å²) in [6.45, 7) is 0. The molecule has 1 aromatic carbocycles. The second kappa shape index (κ2) is 6.61. The zero-order valence-electron chi connectivity index (χ0n) is 15.1. The van der Waals surface area contributed by atoms with Crippen molar-refractivity contribution in [3.8, 4) is 0 Å². The van der Waals surface area contributed by atoms with E-state index in [2.05, 4.69) is 0 Å². The maximum atomic E-state index is 12.9. The van der Waals surface area contributed by atoms with Crippen molar-refractivity contribution in [1.29, 1.82) is 0 Å². The number of carbonyl (C=O) groups is 1. The van der Waals surface area contributed by atoms with Crippen LogP contribution in [0.15, 0.2) is 29.2 Å². The Balaban J connectivity index is 1.81. The monoisotopic (exact) mass is 400 g/mol. The molecule has 0 saturated carbocycles. The smallest absolute Gasteiger partial charge is 0.254 e. The van der Waals surface area contributed by atoms with Crippen LogP contribution in [0.2, 0.25) is 0 Å². The lowest BCUT2D eigenvalue weighted by atomic mass is 10.0. The number of sulfone groups is 1. The number of hydrogen-bond donors (Lipinski definition) is 0. The van der Waals surface area contributed by atoms with E-state index in [1.807, 2.05) is 0 Å². The van der Waals surface area contributed by atoms with Gasteiger partial charge in [0.15, 0.2) is 0 Å². The molecule has 2 saturated heterocycles. The average Bonchev–Trinajstić information content (AvgIpc) is 2.82. The van der Waals surface area contributed by atoms with Gasteiger partial charge in [-0.1, -0.05) is 0 Å². The van der Waals surface area contributed by atoms with E-state index < -0.39 is 19.9 Å². The third-order valence-corrected chi connectivity index (χ3v) is 8.83. The summed E-state index contributed by atoms with van der Waals surface area (Å²) in [5, 5.41) is -0.378. The molecule has 3 rings (SSSR count). The molecule has 144 valence electrons. The zero-order valence-corrected chi connectivity index (χ0v) is 16.8. The molecule has 2 fully saturated rings. The fraction of sp³-hybridized carbons (Fsp3) is 0.588. The number of amides is 1. The molecular formula is C17H24N2O5S2. The van der Waals surface area contributed by atoms with Crippen molar-refractivity contribution in [1.82, 2.24) is 9.21 Å². The largest absolute Gasteiger partial charge is 0.333 e. The van der Waals surface area contributed by atoms with Crippen LogP contribution in [0.4, 0.5) is 0 Å². The Morgan fingerprint density at radius 2 is 1.50 bits per heavy atom. The molecule has 1 amide bonds. The van der Waals surface area contributed by atoms with Gasteiger partial charge in [-0.2, -0.15) is 0 Å². The van der Waals surface area contributed by atoms with Crippen molar-refractivity contribution in [2.24, 2.45) is 0 Å². The lowest BCUT2D eigenvalue weighted by molar-refractivity contribution is 0.0598. The van der Waals surface area contributed by atoms with E-state index >= 15 is 0 Å². The van der Waals surface area contributed by atoms with Crippen molar-refractivity contribution >= 4 is 25.8 Å². The molecule has 26 heavy (non-hydrogen) atoms. The molecule has 0 spiro atoms. The summed E-state index contributed by atoms with van der Waals surface area (Å²) < 4.78 is 49.1. The second-order valence-corrected chi connectivity index (χ2v) is 11.8. The summed E-state index contributed by atoms with van der Waals surface area (Å²) in [7, 11) is -3.73. The number of rotatable bonds is 4. The van der Waals surface area contributed by atoms with Crippen molar-refractivity contribution < 1.29 is 21.6 Å². The summed E-state index contributed by atoms with van der Waals surface area (Å²) in [6.07, 6.45) is 3.85. The van der Waals surface area contributed by atoms with Gasteiger partial charge < -0.3 is 4.90 Å². The molecule has 9 heteroatoms. The maximum Gasteiger partial charge on any atom is 0.254 e. The molecule has 2 heterocycles. The van der Waals surface area contributed by atoms with Gasteiger partial charge in [0.25, 0.3) is 5.91 Å². The number of benzene rings is 1. The fourth-order valence-electron chi connectivity index (χ4n) is 3.94. The number of piperidine rings is 1. The van der Waals surface area contributed by atoms with Gasteiger partial charge in [0.05, 0.1) is 10.1 Å². The minimum absolute atomic E-state index is 0.0637. The average molecular weight is 401 g/mol. The summed E-state index contributed by atoms with van der Waals surface area (Å²) in [6, 6.07) is 5.81. The predicted molar refractivity (Wildman–Crippen MR) is 98.2 cm³/mol. The van der Waals surface area contributed by atoms with Gasteiger partial charge in [-0.15, -0.1) is 0 Å². The fourth-order valence-corrected chi connectivity index (χ4v) is 5.98. The first-order valence-corrected chi connectivity index (χ1v) is 12.0. The third-order valence-electron chi connectivity index (χ3n) is 5.41. The molecule has 2 aliphatic heterocycles. The van der Waals surface area contributed by atoms with Crippen LogP contribution >= 0.6 is 0 Å². The molecule has 0 aliphatic carbocycles. The van der Waals surface area contributed by atoms with E-state index in [1.165, 1.54) is 44.6 Å². The zero-order chi connectivity index (χ0) is 19.3. The Bertz CT molecular complexity index is 893. The molecule has 7 nitrogen and oxygen atoms in total. The number of sulfonamides is 1. The standard InChI is InChI=1S/C17H24N2O5S2/c1-18(2)26(23,24)15-8-4-12(5-9-15)17(20)19-13-6-7-14(19)11-16(10-13)25(3,21)22/h4-5,8-9,13-14,16H,6-7,10-11H2,1-3H3/t13-,14-/m0/s1. The molecule has 1 aromatic rings. The van der Waals surface area contributed by atoms with Crippen molar-refractivity contribution in [3.05, 3.63) is 29.8 Å². The minimum atomic E-state index is -3.54. The van der Waals surface area contributed by atoms with Crippen molar-refractivity contribution in [2.75, 3.05) is 20.4 Å². The second-order valence-electron chi connectivity index (χ2n) is 7.33.